The van der Waals surface area contributed by atoms with Crippen molar-refractivity contribution in [2.24, 2.45) is 0 Å². The smallest absolute Gasteiger partial charge is 0.303 e. The fourth-order valence-corrected chi connectivity index (χ4v) is 0.775. The number of nitrogens with zero attached hydrogens (tertiary/aromatic N) is 3. The maximum Gasteiger partial charge on any atom is 0.466 e. The van der Waals surface area contributed by atoms with Gasteiger partial charge in [-0.25, -0.2) is 4.57 Å². The monoisotopic (exact) mass is 365 g/mol. The van der Waals surface area contributed by atoms with E-state index in [1.807, 2.05) is 63.1 Å². The van der Waals surface area contributed by atoms with E-state index >= 15 is 0 Å². The molecule has 10 nitrogen and oxygen atoms in total. The summed E-state index contributed by atoms with van der Waals surface area (Å²) >= 11 is 0. The first-order valence-corrected chi connectivity index (χ1v) is 8.57. The van der Waals surface area contributed by atoms with Crippen LogP contribution in [0.3, 0.4) is 0 Å². The molecule has 23 heavy (non-hydrogen) atoms. The predicted molar refractivity (Wildman–Crippen MR) is 90.2 cm³/mol. The van der Waals surface area contributed by atoms with E-state index in [0.29, 0.717) is 0 Å². The molecule has 0 aromatic rings. The average Bonchev–Trinajstić information content (AvgIpc) is 2.27. The zero-order chi connectivity index (χ0) is 19.5. The van der Waals surface area contributed by atoms with Crippen LogP contribution in [0.4, 0.5) is 0 Å². The first-order chi connectivity index (χ1) is 10.3. The van der Waals surface area contributed by atoms with Gasteiger partial charge in [0.1, 0.15) is 0 Å². The largest absolute Gasteiger partial charge is 0.466 e. The summed E-state index contributed by atoms with van der Waals surface area (Å²) in [5, 5.41) is 5.04. The molecule has 0 rings (SSSR count). The summed E-state index contributed by atoms with van der Waals surface area (Å²) in [5.41, 5.74) is 0. The summed E-state index contributed by atoms with van der Waals surface area (Å²) in [4.78, 5) is 36.2. The van der Waals surface area contributed by atoms with Gasteiger partial charge in [0.05, 0.1) is 19.8 Å². The van der Waals surface area contributed by atoms with Crippen LogP contribution in [0.2, 0.25) is 0 Å². The van der Waals surface area contributed by atoms with Crippen LogP contribution < -0.4 is 0 Å². The fraction of sp³-hybridized carbons (Fsp3) is 1.00. The zero-order valence-electron chi connectivity index (χ0n) is 15.9. The van der Waals surface area contributed by atoms with Crippen molar-refractivity contribution < 1.29 is 33.8 Å². The van der Waals surface area contributed by atoms with Crippen LogP contribution in [-0.4, -0.2) is 92.0 Å². The van der Waals surface area contributed by atoms with Crippen molar-refractivity contribution in [3.05, 3.63) is 0 Å². The Labute approximate surface area is 140 Å². The molecule has 11 heteroatoms. The van der Waals surface area contributed by atoms with Crippen LogP contribution in [0.1, 0.15) is 20.8 Å². The number of rotatable bonds is 6. The van der Waals surface area contributed by atoms with Gasteiger partial charge in [0.25, 0.3) is 0 Å². The maximum atomic E-state index is 8.88. The zero-order valence-corrected chi connectivity index (χ0v) is 16.8. The van der Waals surface area contributed by atoms with Crippen molar-refractivity contribution in [1.29, 1.82) is 0 Å². The Balaban J connectivity index is -0.000000105. The van der Waals surface area contributed by atoms with Crippen LogP contribution in [0.15, 0.2) is 0 Å². The van der Waals surface area contributed by atoms with E-state index in [-0.39, 0.29) is 0 Å². The number of hydrogen-bond donors (Lipinski definition) is 3. The lowest BCUT2D eigenvalue weighted by molar-refractivity contribution is -0.113. The second-order valence-corrected chi connectivity index (χ2v) is 5.23. The van der Waals surface area contributed by atoms with Gasteiger partial charge in [-0.15, -0.1) is 0 Å². The SMILES string of the molecule is CCON(C)C.CCON(C)C.CCON(C)C.O=P(O)(O)O. The minimum atomic E-state index is -4.64. The standard InChI is InChI=1S/3C4H11NO.H3O4P/c3*1-4-6-5(2)3;1-5(2,3)4/h3*4H2,1-3H3;(H3,1,2,3,4). The average molecular weight is 365 g/mol. The normalized spacial score (nSPS) is 10.4. The Hall–Kier alpha value is -0.130. The second-order valence-electron chi connectivity index (χ2n) is 4.20. The Kier molecular flexibility index (Phi) is 29.2. The molecule has 0 spiro atoms. The van der Waals surface area contributed by atoms with E-state index in [0.717, 1.165) is 19.8 Å². The summed E-state index contributed by atoms with van der Waals surface area (Å²) in [6.07, 6.45) is 0. The van der Waals surface area contributed by atoms with Crippen LogP contribution >= 0.6 is 7.82 Å². The summed E-state index contributed by atoms with van der Waals surface area (Å²) in [6.45, 7) is 8.15. The molecule has 0 bridgehead atoms. The van der Waals surface area contributed by atoms with Gasteiger partial charge >= 0.3 is 7.82 Å². The van der Waals surface area contributed by atoms with Crippen LogP contribution in [0, 0.1) is 0 Å². The number of hydroxylamine groups is 6. The van der Waals surface area contributed by atoms with Crippen molar-refractivity contribution >= 4 is 7.82 Å². The quantitative estimate of drug-likeness (QED) is 0.456. The van der Waals surface area contributed by atoms with Gasteiger partial charge < -0.3 is 14.7 Å². The summed E-state index contributed by atoms with van der Waals surface area (Å²) in [5.74, 6) is 0. The third-order valence-electron chi connectivity index (χ3n) is 1.16. The van der Waals surface area contributed by atoms with Gasteiger partial charge in [0.2, 0.25) is 0 Å². The van der Waals surface area contributed by atoms with Crippen LogP contribution in [0.25, 0.3) is 0 Å². The molecule has 0 atom stereocenters. The number of hydrogen-bond acceptors (Lipinski definition) is 7. The highest BCUT2D eigenvalue weighted by atomic mass is 31.2. The van der Waals surface area contributed by atoms with Gasteiger partial charge in [0.15, 0.2) is 0 Å². The van der Waals surface area contributed by atoms with Gasteiger partial charge in [-0.1, -0.05) is 0 Å². The van der Waals surface area contributed by atoms with E-state index in [9.17, 15) is 0 Å². The topological polar surface area (TPSA) is 115 Å². The summed E-state index contributed by atoms with van der Waals surface area (Å²) < 4.78 is 8.88. The maximum absolute atomic E-state index is 8.88. The van der Waals surface area contributed by atoms with Gasteiger partial charge in [-0.2, -0.15) is 15.2 Å². The van der Waals surface area contributed by atoms with E-state index in [4.69, 9.17) is 33.8 Å². The minimum Gasteiger partial charge on any atom is -0.303 e. The Morgan fingerprint density at radius 2 is 0.783 bits per heavy atom. The second kappa shape index (κ2) is 21.9. The minimum absolute atomic E-state index is 0.757. The summed E-state index contributed by atoms with van der Waals surface area (Å²) in [7, 11) is 6.55. The van der Waals surface area contributed by atoms with E-state index < -0.39 is 7.82 Å². The highest BCUT2D eigenvalue weighted by Gasteiger charge is 2.00. The number of phosphoric acid groups is 1. The molecule has 3 N–H and O–H groups in total. The van der Waals surface area contributed by atoms with Gasteiger partial charge in [0, 0.05) is 42.3 Å². The molecule has 0 radical (unpaired) electrons. The molecule has 0 fully saturated rings. The molecule has 0 saturated heterocycles. The van der Waals surface area contributed by atoms with E-state index in [2.05, 4.69) is 0 Å². The Bertz CT molecular complexity index is 219. The molecule has 0 aromatic heterocycles. The molecule has 0 saturated carbocycles. The summed E-state index contributed by atoms with van der Waals surface area (Å²) in [6, 6.07) is 0. The Morgan fingerprint density at radius 1 is 0.652 bits per heavy atom. The van der Waals surface area contributed by atoms with Crippen LogP contribution in [-0.2, 0) is 19.1 Å². The first-order valence-electron chi connectivity index (χ1n) is 7.00. The van der Waals surface area contributed by atoms with Crippen molar-refractivity contribution in [3.63, 3.8) is 0 Å². The molecule has 146 valence electrons. The van der Waals surface area contributed by atoms with Crippen molar-refractivity contribution in [2.45, 2.75) is 20.8 Å². The molecule has 0 unspecified atom stereocenters. The molecular formula is C12H36N3O7P. The molecular weight excluding hydrogens is 329 g/mol. The third kappa shape index (κ3) is 110. The lowest BCUT2D eigenvalue weighted by Gasteiger charge is -2.05. The highest BCUT2D eigenvalue weighted by molar-refractivity contribution is 7.45. The molecule has 0 amide bonds. The predicted octanol–water partition coefficient (Wildman–Crippen LogP) is 0.570. The van der Waals surface area contributed by atoms with E-state index in [1.54, 1.807) is 15.2 Å². The van der Waals surface area contributed by atoms with Crippen molar-refractivity contribution in [3.8, 4) is 0 Å². The molecule has 0 aliphatic rings. The Morgan fingerprint density at radius 3 is 0.783 bits per heavy atom. The molecule has 0 aliphatic carbocycles. The fourth-order valence-electron chi connectivity index (χ4n) is 0.775. The lowest BCUT2D eigenvalue weighted by atomic mass is 10.9. The van der Waals surface area contributed by atoms with E-state index in [1.165, 1.54) is 0 Å². The van der Waals surface area contributed by atoms with Gasteiger partial charge in [-0.05, 0) is 20.8 Å². The third-order valence-corrected chi connectivity index (χ3v) is 1.16. The molecule has 0 aliphatic heterocycles. The first kappa shape index (κ1) is 30.7. The molecule has 0 aromatic carbocycles. The highest BCUT2D eigenvalue weighted by Crippen LogP contribution is 2.25. The van der Waals surface area contributed by atoms with Crippen LogP contribution in [0.5, 0.6) is 0 Å². The molecule has 0 heterocycles. The van der Waals surface area contributed by atoms with Gasteiger partial charge in [-0.3, -0.25) is 14.5 Å². The van der Waals surface area contributed by atoms with Crippen molar-refractivity contribution in [2.75, 3.05) is 62.1 Å². The lowest BCUT2D eigenvalue weighted by Crippen LogP contribution is -2.11. The van der Waals surface area contributed by atoms with Crippen molar-refractivity contribution in [1.82, 2.24) is 15.2 Å².